The van der Waals surface area contributed by atoms with Crippen LogP contribution in [0.5, 0.6) is 11.5 Å². The molecule has 0 aliphatic carbocycles. The molecule has 4 nitrogen and oxygen atoms in total. The number of para-hydroxylation sites is 1. The van der Waals surface area contributed by atoms with Crippen LogP contribution in [0.15, 0.2) is 54.6 Å². The highest BCUT2D eigenvalue weighted by Crippen LogP contribution is 2.22. The number of likely N-dealkylation sites (tertiary alicyclic amines) is 1. The molecule has 2 aromatic rings. The van der Waals surface area contributed by atoms with Crippen molar-refractivity contribution >= 4 is 5.91 Å². The maximum absolute atomic E-state index is 11.8. The average Bonchev–Trinajstić information content (AvgIpc) is 2.54. The van der Waals surface area contributed by atoms with Gasteiger partial charge < -0.3 is 14.7 Å². The van der Waals surface area contributed by atoms with Crippen molar-refractivity contribution in [1.82, 2.24) is 4.90 Å². The van der Waals surface area contributed by atoms with Gasteiger partial charge in [0.25, 0.3) is 0 Å². The highest BCUT2D eigenvalue weighted by atomic mass is 16.5. The van der Waals surface area contributed by atoms with Crippen LogP contribution in [0.4, 0.5) is 0 Å². The van der Waals surface area contributed by atoms with Crippen molar-refractivity contribution in [2.24, 2.45) is 0 Å². The molecule has 1 unspecified atom stereocenters. The number of benzene rings is 2. The van der Waals surface area contributed by atoms with E-state index in [9.17, 15) is 9.90 Å². The predicted octanol–water partition coefficient (Wildman–Crippen LogP) is 2.96. The summed E-state index contributed by atoms with van der Waals surface area (Å²) < 4.78 is 5.74. The van der Waals surface area contributed by atoms with Crippen molar-refractivity contribution in [3.63, 3.8) is 0 Å². The lowest BCUT2D eigenvalue weighted by molar-refractivity contribution is -0.137. The van der Waals surface area contributed by atoms with E-state index in [1.807, 2.05) is 54.6 Å². The van der Waals surface area contributed by atoms with Crippen LogP contribution in [-0.2, 0) is 11.3 Å². The molecular weight excluding hydrogens is 278 g/mol. The number of rotatable bonds is 4. The van der Waals surface area contributed by atoms with Crippen LogP contribution >= 0.6 is 0 Å². The Balaban J connectivity index is 1.63. The first-order chi connectivity index (χ1) is 10.7. The summed E-state index contributed by atoms with van der Waals surface area (Å²) in [4.78, 5) is 13.6. The number of ether oxygens (including phenoxy) is 1. The van der Waals surface area contributed by atoms with Crippen molar-refractivity contribution in [3.8, 4) is 11.5 Å². The lowest BCUT2D eigenvalue weighted by atomic mass is 10.1. The zero-order valence-electron chi connectivity index (χ0n) is 12.3. The molecule has 4 heteroatoms. The van der Waals surface area contributed by atoms with Crippen molar-refractivity contribution < 1.29 is 14.6 Å². The topological polar surface area (TPSA) is 49.8 Å². The minimum Gasteiger partial charge on any atom is -0.457 e. The van der Waals surface area contributed by atoms with Gasteiger partial charge in [-0.3, -0.25) is 4.79 Å². The summed E-state index contributed by atoms with van der Waals surface area (Å²) >= 11 is 0. The van der Waals surface area contributed by atoms with Gasteiger partial charge in [-0.25, -0.2) is 0 Å². The maximum Gasteiger partial charge on any atom is 0.223 e. The van der Waals surface area contributed by atoms with Gasteiger partial charge in [-0.15, -0.1) is 0 Å². The minimum atomic E-state index is -0.404. The van der Waals surface area contributed by atoms with Crippen molar-refractivity contribution in [1.29, 1.82) is 0 Å². The van der Waals surface area contributed by atoms with E-state index in [2.05, 4.69) is 0 Å². The van der Waals surface area contributed by atoms with Gasteiger partial charge in [-0.1, -0.05) is 30.3 Å². The number of aliphatic hydroxyl groups excluding tert-OH is 1. The number of hydrogen-bond donors (Lipinski definition) is 1. The summed E-state index contributed by atoms with van der Waals surface area (Å²) in [6.07, 6.45) is 0.591. The van der Waals surface area contributed by atoms with Crippen LogP contribution in [-0.4, -0.2) is 28.6 Å². The standard InChI is InChI=1S/C18H19NO3/c20-15-8-11-18(21)19(13-15)12-14-6-9-17(10-7-14)22-16-4-2-1-3-5-16/h1-7,9-10,15,20H,8,11-13H2. The summed E-state index contributed by atoms with van der Waals surface area (Å²) in [5.74, 6) is 1.67. The molecule has 1 aliphatic heterocycles. The van der Waals surface area contributed by atoms with Crippen LogP contribution < -0.4 is 4.74 Å². The van der Waals surface area contributed by atoms with Crippen molar-refractivity contribution in [3.05, 3.63) is 60.2 Å². The normalized spacial score (nSPS) is 18.3. The van der Waals surface area contributed by atoms with Crippen LogP contribution in [0, 0.1) is 0 Å². The Morgan fingerprint density at radius 3 is 2.45 bits per heavy atom. The molecule has 1 aliphatic rings. The molecular formula is C18H19NO3. The third-order valence-corrected chi connectivity index (χ3v) is 3.75. The summed E-state index contributed by atoms with van der Waals surface area (Å²) in [7, 11) is 0. The van der Waals surface area contributed by atoms with Gasteiger partial charge in [0.15, 0.2) is 0 Å². The quantitative estimate of drug-likeness (QED) is 0.944. The molecule has 3 rings (SSSR count). The molecule has 22 heavy (non-hydrogen) atoms. The van der Waals surface area contributed by atoms with Gasteiger partial charge in [0.05, 0.1) is 6.10 Å². The SMILES string of the molecule is O=C1CCC(O)CN1Cc1ccc(Oc2ccccc2)cc1. The van der Waals surface area contributed by atoms with E-state index in [1.165, 1.54) is 0 Å². The fourth-order valence-corrected chi connectivity index (χ4v) is 2.56. The fourth-order valence-electron chi connectivity index (χ4n) is 2.56. The number of nitrogens with zero attached hydrogens (tertiary/aromatic N) is 1. The van der Waals surface area contributed by atoms with E-state index in [0.717, 1.165) is 17.1 Å². The molecule has 1 heterocycles. The molecule has 1 N–H and O–H groups in total. The summed E-state index contributed by atoms with van der Waals surface area (Å²) in [5.41, 5.74) is 1.03. The number of carbonyl (C=O) groups is 1. The van der Waals surface area contributed by atoms with E-state index < -0.39 is 6.10 Å². The Bertz CT molecular complexity index is 625. The number of carbonyl (C=O) groups excluding carboxylic acids is 1. The van der Waals surface area contributed by atoms with Crippen LogP contribution in [0.25, 0.3) is 0 Å². The molecule has 2 aromatic carbocycles. The van der Waals surface area contributed by atoms with Crippen LogP contribution in [0.1, 0.15) is 18.4 Å². The second kappa shape index (κ2) is 6.62. The van der Waals surface area contributed by atoms with E-state index in [1.54, 1.807) is 4.90 Å². The molecule has 1 saturated heterocycles. The van der Waals surface area contributed by atoms with Crippen molar-refractivity contribution in [2.75, 3.05) is 6.54 Å². The predicted molar refractivity (Wildman–Crippen MR) is 83.6 cm³/mol. The molecule has 0 aromatic heterocycles. The number of β-amino-alcohol motifs (C(OH)–C–C–N with tert-alkyl or cyclic N) is 1. The van der Waals surface area contributed by atoms with Crippen molar-refractivity contribution in [2.45, 2.75) is 25.5 Å². The smallest absolute Gasteiger partial charge is 0.223 e. The molecule has 1 atom stereocenters. The number of aliphatic hydroxyl groups is 1. The molecule has 1 fully saturated rings. The molecule has 1 amide bonds. The maximum atomic E-state index is 11.8. The zero-order valence-corrected chi connectivity index (χ0v) is 12.3. The monoisotopic (exact) mass is 297 g/mol. The summed E-state index contributed by atoms with van der Waals surface area (Å²) in [6.45, 7) is 0.947. The first kappa shape index (κ1) is 14.6. The van der Waals surface area contributed by atoms with E-state index >= 15 is 0 Å². The van der Waals surface area contributed by atoms with Crippen LogP contribution in [0.2, 0.25) is 0 Å². The van der Waals surface area contributed by atoms with Gasteiger partial charge in [0, 0.05) is 19.5 Å². The lowest BCUT2D eigenvalue weighted by Crippen LogP contribution is -2.41. The van der Waals surface area contributed by atoms with Gasteiger partial charge in [-0.2, -0.15) is 0 Å². The third-order valence-electron chi connectivity index (χ3n) is 3.75. The second-order valence-corrected chi connectivity index (χ2v) is 5.53. The largest absolute Gasteiger partial charge is 0.457 e. The van der Waals surface area contributed by atoms with Gasteiger partial charge in [0.2, 0.25) is 5.91 Å². The first-order valence-corrected chi connectivity index (χ1v) is 7.48. The second-order valence-electron chi connectivity index (χ2n) is 5.53. The zero-order chi connectivity index (χ0) is 15.4. The molecule has 114 valence electrons. The number of piperidine rings is 1. The van der Waals surface area contributed by atoms with Gasteiger partial charge in [0.1, 0.15) is 11.5 Å². The average molecular weight is 297 g/mol. The molecule has 0 spiro atoms. The lowest BCUT2D eigenvalue weighted by Gasteiger charge is -2.30. The van der Waals surface area contributed by atoms with Gasteiger partial charge >= 0.3 is 0 Å². The van der Waals surface area contributed by atoms with E-state index in [4.69, 9.17) is 4.74 Å². The first-order valence-electron chi connectivity index (χ1n) is 7.48. The molecule has 0 radical (unpaired) electrons. The number of amides is 1. The number of hydrogen-bond acceptors (Lipinski definition) is 3. The summed E-state index contributed by atoms with van der Waals surface area (Å²) in [5, 5.41) is 9.67. The van der Waals surface area contributed by atoms with E-state index in [-0.39, 0.29) is 5.91 Å². The fraction of sp³-hybridized carbons (Fsp3) is 0.278. The Morgan fingerprint density at radius 2 is 1.73 bits per heavy atom. The molecule has 0 bridgehead atoms. The highest BCUT2D eigenvalue weighted by molar-refractivity contribution is 5.77. The third kappa shape index (κ3) is 3.65. The minimum absolute atomic E-state index is 0.106. The van der Waals surface area contributed by atoms with Gasteiger partial charge in [-0.05, 0) is 36.2 Å². The molecule has 0 saturated carbocycles. The Labute approximate surface area is 130 Å². The Kier molecular flexibility index (Phi) is 4.39. The Hall–Kier alpha value is -2.33. The van der Waals surface area contributed by atoms with E-state index in [0.29, 0.717) is 25.9 Å². The van der Waals surface area contributed by atoms with Crippen LogP contribution in [0.3, 0.4) is 0 Å². The Morgan fingerprint density at radius 1 is 1.05 bits per heavy atom. The summed E-state index contributed by atoms with van der Waals surface area (Å²) in [6, 6.07) is 17.3. The highest BCUT2D eigenvalue weighted by Gasteiger charge is 2.23.